The van der Waals surface area contributed by atoms with E-state index in [-0.39, 0.29) is 0 Å². The van der Waals surface area contributed by atoms with Gasteiger partial charge >= 0.3 is 0 Å². The molecule has 2 rings (SSSR count). The number of nitrogens with zero attached hydrogens (tertiary/aromatic N) is 2. The van der Waals surface area contributed by atoms with E-state index in [1.54, 1.807) is 18.3 Å². The van der Waals surface area contributed by atoms with Crippen molar-refractivity contribution in [2.45, 2.75) is 0 Å². The fourth-order valence-electron chi connectivity index (χ4n) is 1.03. The van der Waals surface area contributed by atoms with Crippen molar-refractivity contribution in [3.63, 3.8) is 0 Å². The van der Waals surface area contributed by atoms with E-state index >= 15 is 0 Å². The predicted molar refractivity (Wildman–Crippen MR) is 55.1 cm³/mol. The highest BCUT2D eigenvalue weighted by molar-refractivity contribution is 7.16. The van der Waals surface area contributed by atoms with Gasteiger partial charge in [-0.25, -0.2) is 9.97 Å². The number of carbonyl (C=O) groups is 1. The van der Waals surface area contributed by atoms with Crippen LogP contribution >= 0.6 is 11.3 Å². The monoisotopic (exact) mass is 205 g/mol. The molecule has 0 radical (unpaired) electrons. The van der Waals surface area contributed by atoms with Crippen LogP contribution in [0.15, 0.2) is 24.4 Å². The van der Waals surface area contributed by atoms with E-state index in [1.165, 1.54) is 11.3 Å². The van der Waals surface area contributed by atoms with Crippen molar-refractivity contribution in [2.75, 3.05) is 5.73 Å². The summed E-state index contributed by atoms with van der Waals surface area (Å²) in [6.07, 6.45) is 2.40. The molecule has 0 saturated heterocycles. The Morgan fingerprint density at radius 2 is 2.21 bits per heavy atom. The molecular weight excluding hydrogens is 198 g/mol. The van der Waals surface area contributed by atoms with E-state index < -0.39 is 0 Å². The first-order chi connectivity index (χ1) is 6.79. The predicted octanol–water partition coefficient (Wildman–Crippen LogP) is 1.60. The van der Waals surface area contributed by atoms with Crippen LogP contribution in [0.1, 0.15) is 9.67 Å². The summed E-state index contributed by atoms with van der Waals surface area (Å²) >= 11 is 1.35. The van der Waals surface area contributed by atoms with Crippen LogP contribution in [0.5, 0.6) is 0 Å². The van der Waals surface area contributed by atoms with Gasteiger partial charge in [0.15, 0.2) is 12.1 Å². The Morgan fingerprint density at radius 3 is 2.86 bits per heavy atom. The number of nitrogens with two attached hydrogens (primary N) is 1. The molecule has 70 valence electrons. The van der Waals surface area contributed by atoms with Gasteiger partial charge in [0.05, 0.1) is 9.75 Å². The molecule has 2 N–H and O–H groups in total. The first-order valence-electron chi connectivity index (χ1n) is 3.93. The maximum atomic E-state index is 10.5. The molecule has 14 heavy (non-hydrogen) atoms. The van der Waals surface area contributed by atoms with Crippen molar-refractivity contribution in [2.24, 2.45) is 0 Å². The number of rotatable bonds is 2. The van der Waals surface area contributed by atoms with Crippen molar-refractivity contribution in [1.82, 2.24) is 9.97 Å². The van der Waals surface area contributed by atoms with E-state index in [9.17, 15) is 4.79 Å². The van der Waals surface area contributed by atoms with Crippen molar-refractivity contribution in [3.05, 3.63) is 29.3 Å². The van der Waals surface area contributed by atoms with E-state index in [0.717, 1.165) is 11.2 Å². The van der Waals surface area contributed by atoms with Crippen molar-refractivity contribution in [3.8, 4) is 10.7 Å². The molecule has 2 aromatic rings. The molecule has 0 bridgehead atoms. The minimum atomic E-state index is 0.427. The molecular formula is C9H7N3OS. The minimum absolute atomic E-state index is 0.427. The lowest BCUT2D eigenvalue weighted by Gasteiger charge is -1.95. The number of aldehydes is 1. The molecule has 5 heteroatoms. The van der Waals surface area contributed by atoms with Crippen LogP contribution in [0, 0.1) is 0 Å². The average molecular weight is 205 g/mol. The third-order valence-corrected chi connectivity index (χ3v) is 2.65. The summed E-state index contributed by atoms with van der Waals surface area (Å²) in [4.78, 5) is 20.1. The van der Waals surface area contributed by atoms with Crippen LogP contribution in [-0.4, -0.2) is 16.3 Å². The van der Waals surface area contributed by atoms with E-state index in [4.69, 9.17) is 5.73 Å². The first kappa shape index (κ1) is 8.83. The second-order valence-electron chi connectivity index (χ2n) is 2.62. The molecule has 0 unspecified atom stereocenters. The molecule has 2 heterocycles. The molecule has 0 fully saturated rings. The lowest BCUT2D eigenvalue weighted by Crippen LogP contribution is -1.92. The van der Waals surface area contributed by atoms with Crippen LogP contribution in [0.25, 0.3) is 10.7 Å². The van der Waals surface area contributed by atoms with E-state index in [2.05, 4.69) is 9.97 Å². The van der Waals surface area contributed by atoms with Gasteiger partial charge in [-0.1, -0.05) is 0 Å². The lowest BCUT2D eigenvalue weighted by atomic mass is 10.4. The Labute approximate surface area is 84.4 Å². The minimum Gasteiger partial charge on any atom is -0.384 e. The number of nitrogen functional groups attached to an aromatic ring is 1. The van der Waals surface area contributed by atoms with Crippen LogP contribution < -0.4 is 5.73 Å². The maximum Gasteiger partial charge on any atom is 0.171 e. The first-order valence-corrected chi connectivity index (χ1v) is 4.75. The molecule has 0 spiro atoms. The summed E-state index contributed by atoms with van der Waals surface area (Å²) in [6.45, 7) is 0. The molecule has 0 saturated carbocycles. The maximum absolute atomic E-state index is 10.5. The van der Waals surface area contributed by atoms with Crippen LogP contribution in [-0.2, 0) is 0 Å². The van der Waals surface area contributed by atoms with Crippen molar-refractivity contribution in [1.29, 1.82) is 0 Å². The summed E-state index contributed by atoms with van der Waals surface area (Å²) in [6, 6.07) is 5.17. The van der Waals surface area contributed by atoms with Gasteiger partial charge in [-0.05, 0) is 18.2 Å². The zero-order valence-electron chi connectivity index (χ0n) is 7.18. The number of thiophene rings is 1. The van der Waals surface area contributed by atoms with Crippen molar-refractivity contribution >= 4 is 23.4 Å². The number of carbonyl (C=O) groups excluding carboxylic acids is 1. The number of hydrogen-bond acceptors (Lipinski definition) is 5. The summed E-state index contributed by atoms with van der Waals surface area (Å²) in [5.74, 6) is 0.985. The Balaban J connectivity index is 2.43. The van der Waals surface area contributed by atoms with Gasteiger partial charge in [0.1, 0.15) is 5.82 Å². The standard InChI is InChI=1S/C9H7N3OS/c10-8-3-4-11-9(12-8)7-2-1-6(5-13)14-7/h1-5H,(H2,10,11,12). The second-order valence-corrected chi connectivity index (χ2v) is 3.74. The summed E-state index contributed by atoms with van der Waals surface area (Å²) in [5.41, 5.74) is 5.52. The highest BCUT2D eigenvalue weighted by atomic mass is 32.1. The van der Waals surface area contributed by atoms with Gasteiger partial charge in [-0.3, -0.25) is 4.79 Å². The fourth-order valence-corrected chi connectivity index (χ4v) is 1.79. The van der Waals surface area contributed by atoms with Gasteiger partial charge in [0, 0.05) is 6.20 Å². The molecule has 0 atom stereocenters. The summed E-state index contributed by atoms with van der Waals surface area (Å²) in [7, 11) is 0. The number of anilines is 1. The highest BCUT2D eigenvalue weighted by Gasteiger charge is 2.04. The normalized spacial score (nSPS) is 10.0. The molecule has 0 aliphatic carbocycles. The fraction of sp³-hybridized carbons (Fsp3) is 0. The van der Waals surface area contributed by atoms with Gasteiger partial charge in [-0.2, -0.15) is 0 Å². The Kier molecular flexibility index (Phi) is 2.24. The SMILES string of the molecule is Nc1ccnc(-c2ccc(C=O)s2)n1. The molecule has 0 aromatic carbocycles. The summed E-state index contributed by atoms with van der Waals surface area (Å²) < 4.78 is 0. The van der Waals surface area contributed by atoms with Gasteiger partial charge in [0.25, 0.3) is 0 Å². The smallest absolute Gasteiger partial charge is 0.171 e. The third-order valence-electron chi connectivity index (χ3n) is 1.64. The van der Waals surface area contributed by atoms with E-state index in [0.29, 0.717) is 16.5 Å². The lowest BCUT2D eigenvalue weighted by molar-refractivity contribution is 0.112. The van der Waals surface area contributed by atoms with Gasteiger partial charge in [-0.15, -0.1) is 11.3 Å². The number of hydrogen-bond donors (Lipinski definition) is 1. The number of aromatic nitrogens is 2. The molecule has 4 nitrogen and oxygen atoms in total. The Morgan fingerprint density at radius 1 is 1.36 bits per heavy atom. The van der Waals surface area contributed by atoms with Crippen LogP contribution in [0.4, 0.5) is 5.82 Å². The third kappa shape index (κ3) is 1.62. The second kappa shape index (κ2) is 3.55. The molecule has 0 aliphatic rings. The zero-order valence-corrected chi connectivity index (χ0v) is 7.99. The van der Waals surface area contributed by atoms with Gasteiger partial charge in [0.2, 0.25) is 0 Å². The van der Waals surface area contributed by atoms with Crippen LogP contribution in [0.2, 0.25) is 0 Å². The zero-order chi connectivity index (χ0) is 9.97. The van der Waals surface area contributed by atoms with Gasteiger partial charge < -0.3 is 5.73 Å². The summed E-state index contributed by atoms with van der Waals surface area (Å²) in [5, 5.41) is 0. The van der Waals surface area contributed by atoms with Crippen molar-refractivity contribution < 1.29 is 4.79 Å². The Bertz CT molecular complexity index is 467. The molecule has 2 aromatic heterocycles. The topological polar surface area (TPSA) is 68.9 Å². The van der Waals surface area contributed by atoms with Crippen LogP contribution in [0.3, 0.4) is 0 Å². The van der Waals surface area contributed by atoms with E-state index in [1.807, 2.05) is 6.07 Å². The molecule has 0 aliphatic heterocycles. The quantitative estimate of drug-likeness (QED) is 0.756. The molecule has 0 amide bonds. The average Bonchev–Trinajstić information content (AvgIpc) is 2.66. The highest BCUT2D eigenvalue weighted by Crippen LogP contribution is 2.24. The largest absolute Gasteiger partial charge is 0.384 e. The Hall–Kier alpha value is -1.75.